The molecule has 1 amide bonds. The number of carbonyl (C=O) groups is 1. The van der Waals surface area contributed by atoms with E-state index in [1.807, 2.05) is 47.0 Å². The van der Waals surface area contributed by atoms with Gasteiger partial charge in [0.25, 0.3) is 5.91 Å². The van der Waals surface area contributed by atoms with Gasteiger partial charge in [-0.1, -0.05) is 30.0 Å². The summed E-state index contributed by atoms with van der Waals surface area (Å²) in [5.74, 6) is 2.14. The van der Waals surface area contributed by atoms with Crippen LogP contribution in [0, 0.1) is 0 Å². The highest BCUT2D eigenvalue weighted by Gasteiger charge is 2.21. The van der Waals surface area contributed by atoms with Gasteiger partial charge in [0, 0.05) is 24.3 Å². The van der Waals surface area contributed by atoms with Crippen molar-refractivity contribution in [2.75, 3.05) is 7.11 Å². The Morgan fingerprint density at radius 2 is 2.09 bits per heavy atom. The zero-order chi connectivity index (χ0) is 24.0. The molecule has 5 aromatic rings. The standard InChI is InChI=1S/C24H20N6O3S2/c1-32-19-8-3-2-7-18(19)30-22(20-9-5-11-33-20)28-29-24(30)35-15-21-27-17(14-34-21)23(31)26-13-16-6-4-10-25-12-16/h2-12,14H,13,15H2,1H3,(H,26,31). The number of furan rings is 1. The number of hydrogen-bond acceptors (Lipinski definition) is 9. The Morgan fingerprint density at radius 1 is 1.17 bits per heavy atom. The fraction of sp³-hybridized carbons (Fsp3) is 0.125. The Balaban J connectivity index is 1.33. The fourth-order valence-electron chi connectivity index (χ4n) is 3.34. The predicted molar refractivity (Wildman–Crippen MR) is 133 cm³/mol. The molecular formula is C24H20N6O3S2. The van der Waals surface area contributed by atoms with Crippen molar-refractivity contribution in [2.24, 2.45) is 0 Å². The Labute approximate surface area is 209 Å². The van der Waals surface area contributed by atoms with Gasteiger partial charge in [0.05, 0.1) is 24.8 Å². The van der Waals surface area contributed by atoms with Crippen LogP contribution in [0.1, 0.15) is 21.1 Å². The van der Waals surface area contributed by atoms with Gasteiger partial charge in [-0.05, 0) is 35.9 Å². The van der Waals surface area contributed by atoms with Crippen molar-refractivity contribution in [1.29, 1.82) is 0 Å². The lowest BCUT2D eigenvalue weighted by Crippen LogP contribution is -2.23. The molecule has 4 heterocycles. The normalized spacial score (nSPS) is 10.9. The van der Waals surface area contributed by atoms with E-state index in [0.717, 1.165) is 16.3 Å². The maximum absolute atomic E-state index is 12.5. The van der Waals surface area contributed by atoms with Crippen molar-refractivity contribution in [2.45, 2.75) is 17.5 Å². The molecule has 0 aliphatic heterocycles. The molecule has 0 saturated heterocycles. The van der Waals surface area contributed by atoms with Crippen LogP contribution in [-0.2, 0) is 12.3 Å². The zero-order valence-corrected chi connectivity index (χ0v) is 20.3. The molecule has 0 radical (unpaired) electrons. The zero-order valence-electron chi connectivity index (χ0n) is 18.6. The fourth-order valence-corrected chi connectivity index (χ4v) is 5.08. The van der Waals surface area contributed by atoms with Gasteiger partial charge >= 0.3 is 0 Å². The van der Waals surface area contributed by atoms with Crippen molar-refractivity contribution in [3.8, 4) is 23.0 Å². The molecule has 0 bridgehead atoms. The van der Waals surface area contributed by atoms with Crippen molar-refractivity contribution in [3.63, 3.8) is 0 Å². The molecule has 0 fully saturated rings. The SMILES string of the molecule is COc1ccccc1-n1c(SCc2nc(C(=O)NCc3cccnc3)cs2)nnc1-c1ccco1. The van der Waals surface area contributed by atoms with E-state index < -0.39 is 0 Å². The maximum atomic E-state index is 12.5. The van der Waals surface area contributed by atoms with Gasteiger partial charge in [-0.3, -0.25) is 14.3 Å². The average Bonchev–Trinajstić information content (AvgIpc) is 3.67. The molecule has 35 heavy (non-hydrogen) atoms. The summed E-state index contributed by atoms with van der Waals surface area (Å²) in [4.78, 5) is 21.1. The van der Waals surface area contributed by atoms with Gasteiger partial charge in [0.2, 0.25) is 5.82 Å². The van der Waals surface area contributed by atoms with Crippen LogP contribution < -0.4 is 10.1 Å². The second kappa shape index (κ2) is 10.5. The summed E-state index contributed by atoms with van der Waals surface area (Å²) in [6.45, 7) is 0.395. The lowest BCUT2D eigenvalue weighted by molar-refractivity contribution is 0.0946. The number of ether oxygens (including phenoxy) is 1. The van der Waals surface area contributed by atoms with Crippen LogP contribution in [0.3, 0.4) is 0 Å². The van der Waals surface area contributed by atoms with Gasteiger partial charge in [0.1, 0.15) is 16.5 Å². The summed E-state index contributed by atoms with van der Waals surface area (Å²) in [6.07, 6.45) is 5.01. The first-order valence-corrected chi connectivity index (χ1v) is 12.5. The van der Waals surface area contributed by atoms with Crippen LogP contribution in [0.4, 0.5) is 0 Å². The van der Waals surface area contributed by atoms with Crippen LogP contribution in [0.2, 0.25) is 0 Å². The van der Waals surface area contributed by atoms with Gasteiger partial charge < -0.3 is 14.5 Å². The second-order valence-corrected chi connectivity index (χ2v) is 9.14. The lowest BCUT2D eigenvalue weighted by atomic mass is 10.3. The third-order valence-electron chi connectivity index (χ3n) is 4.99. The summed E-state index contributed by atoms with van der Waals surface area (Å²) >= 11 is 2.89. The van der Waals surface area contributed by atoms with Crippen molar-refractivity contribution < 1.29 is 13.9 Å². The number of nitrogens with zero attached hydrogens (tertiary/aromatic N) is 5. The molecule has 9 nitrogen and oxygen atoms in total. The summed E-state index contributed by atoms with van der Waals surface area (Å²) < 4.78 is 13.1. The van der Waals surface area contributed by atoms with E-state index in [4.69, 9.17) is 9.15 Å². The van der Waals surface area contributed by atoms with E-state index in [2.05, 4.69) is 25.5 Å². The Bertz CT molecular complexity index is 1420. The van der Waals surface area contributed by atoms with Crippen LogP contribution >= 0.6 is 23.1 Å². The van der Waals surface area contributed by atoms with E-state index >= 15 is 0 Å². The third kappa shape index (κ3) is 5.10. The Hall–Kier alpha value is -3.96. The number of para-hydroxylation sites is 2. The number of hydrogen-bond donors (Lipinski definition) is 1. The van der Waals surface area contributed by atoms with Crippen LogP contribution in [0.15, 0.2) is 82.1 Å². The molecule has 0 unspecified atom stereocenters. The van der Waals surface area contributed by atoms with E-state index in [0.29, 0.717) is 40.5 Å². The molecule has 5 rings (SSSR count). The molecule has 0 aliphatic rings. The molecule has 176 valence electrons. The van der Waals surface area contributed by atoms with Crippen molar-refractivity contribution in [3.05, 3.63) is 88.8 Å². The number of nitrogens with one attached hydrogen (secondary N) is 1. The van der Waals surface area contributed by atoms with Gasteiger partial charge in [-0.2, -0.15) is 0 Å². The molecule has 4 aromatic heterocycles. The highest BCUT2D eigenvalue weighted by molar-refractivity contribution is 7.98. The van der Waals surface area contributed by atoms with E-state index in [1.165, 1.54) is 23.1 Å². The van der Waals surface area contributed by atoms with Crippen LogP contribution in [0.5, 0.6) is 5.75 Å². The highest BCUT2D eigenvalue weighted by Crippen LogP contribution is 2.34. The minimum Gasteiger partial charge on any atom is -0.495 e. The predicted octanol–water partition coefficient (Wildman–Crippen LogP) is 4.61. The largest absolute Gasteiger partial charge is 0.495 e. The molecular weight excluding hydrogens is 484 g/mol. The number of benzene rings is 1. The number of thiazole rings is 1. The molecule has 11 heteroatoms. The lowest BCUT2D eigenvalue weighted by Gasteiger charge is -2.12. The maximum Gasteiger partial charge on any atom is 0.271 e. The Morgan fingerprint density at radius 3 is 2.89 bits per heavy atom. The van der Waals surface area contributed by atoms with Crippen LogP contribution in [0.25, 0.3) is 17.3 Å². The summed E-state index contributed by atoms with van der Waals surface area (Å²) in [5.41, 5.74) is 2.11. The van der Waals surface area contributed by atoms with Crippen molar-refractivity contribution >= 4 is 29.0 Å². The number of methoxy groups -OCH3 is 1. The summed E-state index contributed by atoms with van der Waals surface area (Å²) in [7, 11) is 1.62. The number of aromatic nitrogens is 5. The van der Waals surface area contributed by atoms with E-state index in [1.54, 1.807) is 37.2 Å². The number of amides is 1. The quantitative estimate of drug-likeness (QED) is 0.290. The van der Waals surface area contributed by atoms with Gasteiger partial charge in [0.15, 0.2) is 10.9 Å². The average molecular weight is 505 g/mol. The third-order valence-corrected chi connectivity index (χ3v) is 6.96. The molecule has 1 N–H and O–H groups in total. The number of rotatable bonds is 9. The van der Waals surface area contributed by atoms with Crippen LogP contribution in [-0.4, -0.2) is 37.7 Å². The van der Waals surface area contributed by atoms with Crippen molar-refractivity contribution in [1.82, 2.24) is 30.0 Å². The topological polar surface area (TPSA) is 108 Å². The summed E-state index contributed by atoms with van der Waals surface area (Å²) in [5, 5.41) is 14.8. The summed E-state index contributed by atoms with van der Waals surface area (Å²) in [6, 6.07) is 15.0. The molecule has 0 atom stereocenters. The number of thioether (sulfide) groups is 1. The second-order valence-electron chi connectivity index (χ2n) is 7.25. The molecule has 1 aromatic carbocycles. The van der Waals surface area contributed by atoms with Gasteiger partial charge in [-0.25, -0.2) is 4.98 Å². The first kappa shape index (κ1) is 22.8. The first-order chi connectivity index (χ1) is 17.2. The monoisotopic (exact) mass is 504 g/mol. The van der Waals surface area contributed by atoms with E-state index in [9.17, 15) is 4.79 Å². The van der Waals surface area contributed by atoms with Gasteiger partial charge in [-0.15, -0.1) is 21.5 Å². The minimum absolute atomic E-state index is 0.223. The van der Waals surface area contributed by atoms with E-state index in [-0.39, 0.29) is 5.91 Å². The minimum atomic E-state index is -0.223. The molecule has 0 aliphatic carbocycles. The molecule has 0 saturated carbocycles. The number of carbonyl (C=O) groups excluding carboxylic acids is 1. The Kier molecular flexibility index (Phi) is 6.87. The number of pyridine rings is 1. The smallest absolute Gasteiger partial charge is 0.271 e. The first-order valence-electron chi connectivity index (χ1n) is 10.6. The highest BCUT2D eigenvalue weighted by atomic mass is 32.2. The molecule has 0 spiro atoms.